The minimum Gasteiger partial charge on any atom is -0.418 e. The molecule has 0 aromatic heterocycles. The molecule has 0 N–H and O–H groups in total. The molecule has 0 saturated carbocycles. The molecule has 9 heteroatoms. The van der Waals surface area contributed by atoms with Gasteiger partial charge in [-0.25, -0.2) is 0 Å². The predicted molar refractivity (Wildman–Crippen MR) is 54.1 cm³/mol. The number of diazo groups is 1. The van der Waals surface area contributed by atoms with Crippen molar-refractivity contribution in [3.63, 3.8) is 0 Å². The second-order valence-electron chi connectivity index (χ2n) is 2.19. The Morgan fingerprint density at radius 3 is 2.07 bits per heavy atom. The highest BCUT2D eigenvalue weighted by atomic mass is 79.9. The normalized spacial score (nSPS) is 9.93. The molecule has 0 bridgehead atoms. The summed E-state index contributed by atoms with van der Waals surface area (Å²) in [6, 6.07) is 4.90. The van der Waals surface area contributed by atoms with Crippen molar-refractivity contribution in [2.45, 2.75) is 0 Å². The summed E-state index contributed by atoms with van der Waals surface area (Å²) in [5.41, 5.74) is 0.483. The Balaban J connectivity index is 0.000000336. The highest BCUT2D eigenvalue weighted by Crippen LogP contribution is 2.26. The number of hydrogen-bond donors (Lipinski definition) is 0. The molecule has 1 aromatic rings. The molecule has 0 unspecified atom stereocenters. The van der Waals surface area contributed by atoms with E-state index < -0.39 is 7.25 Å². The van der Waals surface area contributed by atoms with Gasteiger partial charge in [0.25, 0.3) is 0 Å². The maximum Gasteiger partial charge on any atom is 0.673 e. The first kappa shape index (κ1) is 14.2. The number of benzene rings is 1. The zero-order chi connectivity index (χ0) is 12.1. The van der Waals surface area contributed by atoms with Crippen LogP contribution in [-0.2, 0) is 0 Å². The summed E-state index contributed by atoms with van der Waals surface area (Å²) < 4.78 is 39.7. The fourth-order valence-corrected chi connectivity index (χ4v) is 1.03. The smallest absolute Gasteiger partial charge is 0.418 e. The molecule has 0 radical (unpaired) electrons. The Morgan fingerprint density at radius 1 is 1.27 bits per heavy atom. The summed E-state index contributed by atoms with van der Waals surface area (Å²) in [7, 11) is -6.00. The number of rotatable bonds is 0. The van der Waals surface area contributed by atoms with Gasteiger partial charge in [0.2, 0.25) is 5.39 Å². The van der Waals surface area contributed by atoms with Crippen LogP contribution in [0.15, 0.2) is 22.7 Å². The van der Waals surface area contributed by atoms with Crippen molar-refractivity contribution in [2.24, 2.45) is 0 Å². The minimum atomic E-state index is -6.00. The Labute approximate surface area is 96.1 Å². The second-order valence-corrected chi connectivity index (χ2v) is 3.45. The van der Waals surface area contributed by atoms with Crippen molar-refractivity contribution in [3.05, 3.63) is 32.7 Å². The van der Waals surface area contributed by atoms with E-state index in [1.54, 1.807) is 18.2 Å². The lowest BCUT2D eigenvalue weighted by Gasteiger charge is -1.94. The van der Waals surface area contributed by atoms with Crippen molar-refractivity contribution >= 4 is 40.5 Å². The van der Waals surface area contributed by atoms with E-state index in [0.29, 0.717) is 10.7 Å². The summed E-state index contributed by atoms with van der Waals surface area (Å²) in [6.07, 6.45) is 0. The van der Waals surface area contributed by atoms with Crippen LogP contribution in [0.25, 0.3) is 4.98 Å². The van der Waals surface area contributed by atoms with E-state index >= 15 is 0 Å². The van der Waals surface area contributed by atoms with Crippen LogP contribution in [0, 0.1) is 5.39 Å². The molecule has 82 valence electrons. The Kier molecular flexibility index (Phi) is 5.61. The highest BCUT2D eigenvalue weighted by Gasteiger charge is 2.20. The third kappa shape index (κ3) is 8.21. The molecular formula is C6H3BBrClF4N2. The van der Waals surface area contributed by atoms with Gasteiger partial charge in [-0.2, -0.15) is 0 Å². The summed E-state index contributed by atoms with van der Waals surface area (Å²) >= 11 is 8.85. The van der Waals surface area contributed by atoms with Gasteiger partial charge in [-0.3, -0.25) is 0 Å². The average molecular weight is 305 g/mol. The molecule has 0 spiro atoms. The zero-order valence-electron chi connectivity index (χ0n) is 6.97. The first-order valence-corrected chi connectivity index (χ1v) is 4.58. The van der Waals surface area contributed by atoms with Crippen LogP contribution in [0.2, 0.25) is 5.02 Å². The average Bonchev–Trinajstić information content (AvgIpc) is 2.07. The molecular weight excluding hydrogens is 302 g/mol. The topological polar surface area (TPSA) is 28.1 Å². The molecule has 1 aromatic carbocycles. The van der Waals surface area contributed by atoms with Gasteiger partial charge in [0.05, 0.1) is 5.02 Å². The number of halogens is 6. The quantitative estimate of drug-likeness (QED) is 0.381. The minimum absolute atomic E-state index is 0.483. The highest BCUT2D eigenvalue weighted by molar-refractivity contribution is 9.10. The molecule has 0 amide bonds. The van der Waals surface area contributed by atoms with E-state index in [4.69, 9.17) is 17.0 Å². The summed E-state index contributed by atoms with van der Waals surface area (Å²) in [5, 5.41) is 8.92. The van der Waals surface area contributed by atoms with Crippen molar-refractivity contribution in [1.82, 2.24) is 0 Å². The van der Waals surface area contributed by atoms with Crippen LogP contribution in [0.3, 0.4) is 0 Å². The van der Waals surface area contributed by atoms with Crippen LogP contribution in [-0.4, -0.2) is 7.25 Å². The van der Waals surface area contributed by atoms with Crippen LogP contribution in [0.4, 0.5) is 23.0 Å². The van der Waals surface area contributed by atoms with E-state index in [1.807, 2.05) is 0 Å². The van der Waals surface area contributed by atoms with Gasteiger partial charge in [-0.05, 0) is 22.0 Å². The van der Waals surface area contributed by atoms with E-state index in [2.05, 4.69) is 20.9 Å². The second kappa shape index (κ2) is 5.93. The Morgan fingerprint density at radius 2 is 1.73 bits per heavy atom. The van der Waals surface area contributed by atoms with Gasteiger partial charge in [0.15, 0.2) is 4.98 Å². The molecule has 0 saturated heterocycles. The van der Waals surface area contributed by atoms with Crippen LogP contribution < -0.4 is 0 Å². The SMILES string of the molecule is F[B-](F)(F)F.N#[N+]c1ccc(Cl)c(Br)c1. The van der Waals surface area contributed by atoms with E-state index in [0.717, 1.165) is 4.47 Å². The predicted octanol–water partition coefficient (Wildman–Crippen LogP) is 4.89. The summed E-state index contributed by atoms with van der Waals surface area (Å²) in [4.78, 5) is 2.98. The third-order valence-electron chi connectivity index (χ3n) is 1.02. The maximum absolute atomic E-state index is 9.75. The van der Waals surface area contributed by atoms with Crippen molar-refractivity contribution in [3.8, 4) is 0 Å². The van der Waals surface area contributed by atoms with Crippen LogP contribution >= 0.6 is 27.5 Å². The van der Waals surface area contributed by atoms with E-state index in [1.165, 1.54) is 0 Å². The van der Waals surface area contributed by atoms with Crippen molar-refractivity contribution in [2.75, 3.05) is 0 Å². The van der Waals surface area contributed by atoms with Gasteiger partial charge in [0, 0.05) is 16.6 Å². The standard InChI is InChI=1S/C6H3BrClN2.BF4/c7-5-3-4(10-9)1-2-6(5)8;2-1(3,4)5/h1-3H;/q+1;-1. The molecule has 0 fully saturated rings. The molecule has 0 heterocycles. The lowest BCUT2D eigenvalue weighted by Crippen LogP contribution is -2.02. The lowest BCUT2D eigenvalue weighted by molar-refractivity contribution is 0.368. The molecule has 2 nitrogen and oxygen atoms in total. The number of hydrogen-bond acceptors (Lipinski definition) is 1. The van der Waals surface area contributed by atoms with E-state index in [9.17, 15) is 17.3 Å². The Bertz CT molecular complexity index is 372. The molecule has 15 heavy (non-hydrogen) atoms. The monoisotopic (exact) mass is 304 g/mol. The van der Waals surface area contributed by atoms with Crippen LogP contribution in [0.5, 0.6) is 0 Å². The van der Waals surface area contributed by atoms with Gasteiger partial charge >= 0.3 is 12.9 Å². The fourth-order valence-electron chi connectivity index (χ4n) is 0.547. The summed E-state index contributed by atoms with van der Waals surface area (Å²) in [5.74, 6) is 0. The molecule has 0 aliphatic heterocycles. The first-order chi connectivity index (χ1) is 6.74. The first-order valence-electron chi connectivity index (χ1n) is 3.41. The number of nitrogens with zero attached hydrogens (tertiary/aromatic N) is 2. The van der Waals surface area contributed by atoms with Gasteiger partial charge in [0.1, 0.15) is 0 Å². The largest absolute Gasteiger partial charge is 0.673 e. The molecule has 1 rings (SSSR count). The zero-order valence-corrected chi connectivity index (χ0v) is 9.31. The van der Waals surface area contributed by atoms with Crippen molar-refractivity contribution < 1.29 is 17.3 Å². The Hall–Kier alpha value is -0.805. The lowest BCUT2D eigenvalue weighted by atomic mass is 10.3. The van der Waals surface area contributed by atoms with Crippen molar-refractivity contribution in [1.29, 1.82) is 5.39 Å². The van der Waals surface area contributed by atoms with Gasteiger partial charge < -0.3 is 17.3 Å². The molecule has 0 aliphatic rings. The summed E-state index contributed by atoms with van der Waals surface area (Å²) in [6.45, 7) is 0. The fraction of sp³-hybridized carbons (Fsp3) is 0. The molecule has 0 atom stereocenters. The maximum atomic E-state index is 9.75. The van der Waals surface area contributed by atoms with Gasteiger partial charge in [-0.15, -0.1) is 0 Å². The van der Waals surface area contributed by atoms with Gasteiger partial charge in [-0.1, -0.05) is 11.6 Å². The third-order valence-corrected chi connectivity index (χ3v) is 2.23. The van der Waals surface area contributed by atoms with Crippen LogP contribution in [0.1, 0.15) is 0 Å². The van der Waals surface area contributed by atoms with E-state index in [-0.39, 0.29) is 0 Å². The molecule has 0 aliphatic carbocycles.